The van der Waals surface area contributed by atoms with E-state index in [0.717, 1.165) is 5.56 Å². The zero-order chi connectivity index (χ0) is 25.6. The van der Waals surface area contributed by atoms with Gasteiger partial charge in [-0.15, -0.1) is 0 Å². The van der Waals surface area contributed by atoms with Gasteiger partial charge in [0, 0.05) is 13.0 Å². The molecule has 0 radical (unpaired) electrons. The standard InChI is InChI=1S/C25H26F6N2O2/c1-3-21(34)32-23-10-9-22(33(23)14-23,18-7-5-4-6-8-18)15-35-16(2)17-11-19(24(26,27)28)13-20(12-17)25(29,30)31/h4-8,11-13,16H,3,9-10,14-15H2,1-2H3,(H,32,34)/t16-,22-,23+,33?/m1/s1. The minimum atomic E-state index is -4.93. The molecule has 2 heterocycles. The predicted octanol–water partition coefficient (Wildman–Crippen LogP) is 6.03. The normalized spacial score (nSPS) is 26.8. The number of halogens is 6. The van der Waals surface area contributed by atoms with Crippen molar-refractivity contribution in [2.24, 2.45) is 0 Å². The molecule has 2 aliphatic rings. The lowest BCUT2D eigenvalue weighted by Crippen LogP contribution is -2.42. The highest BCUT2D eigenvalue weighted by molar-refractivity contribution is 5.77. The van der Waals surface area contributed by atoms with Crippen LogP contribution in [0.2, 0.25) is 0 Å². The Morgan fingerprint density at radius 1 is 1.03 bits per heavy atom. The first-order valence-corrected chi connectivity index (χ1v) is 11.4. The van der Waals surface area contributed by atoms with Crippen LogP contribution in [0.1, 0.15) is 61.5 Å². The molecule has 0 saturated carbocycles. The Balaban J connectivity index is 1.61. The van der Waals surface area contributed by atoms with E-state index in [-0.39, 0.29) is 24.1 Å². The van der Waals surface area contributed by atoms with E-state index in [2.05, 4.69) is 10.2 Å². The molecule has 4 rings (SSSR count). The number of benzene rings is 2. The number of nitrogens with zero attached hydrogens (tertiary/aromatic N) is 1. The van der Waals surface area contributed by atoms with E-state index in [1.54, 1.807) is 6.92 Å². The summed E-state index contributed by atoms with van der Waals surface area (Å²) in [4.78, 5) is 14.2. The second kappa shape index (κ2) is 8.81. The van der Waals surface area contributed by atoms with Crippen LogP contribution in [0.4, 0.5) is 26.3 Å². The van der Waals surface area contributed by atoms with Gasteiger partial charge < -0.3 is 10.1 Å². The minimum absolute atomic E-state index is 0.0412. The quantitative estimate of drug-likeness (QED) is 0.373. The van der Waals surface area contributed by atoms with Crippen LogP contribution in [0.15, 0.2) is 48.5 Å². The van der Waals surface area contributed by atoms with E-state index in [1.807, 2.05) is 30.3 Å². The first-order valence-electron chi connectivity index (χ1n) is 11.4. The van der Waals surface area contributed by atoms with Crippen molar-refractivity contribution < 1.29 is 35.9 Å². The fraction of sp³-hybridized carbons (Fsp3) is 0.480. The molecule has 2 aliphatic heterocycles. The van der Waals surface area contributed by atoms with Gasteiger partial charge in [0.25, 0.3) is 0 Å². The minimum Gasteiger partial charge on any atom is -0.372 e. The van der Waals surface area contributed by atoms with Gasteiger partial charge in [-0.2, -0.15) is 26.3 Å². The third-order valence-corrected chi connectivity index (χ3v) is 6.96. The maximum absolute atomic E-state index is 13.3. The Morgan fingerprint density at radius 3 is 2.14 bits per heavy atom. The van der Waals surface area contributed by atoms with Crippen LogP contribution < -0.4 is 5.32 Å². The summed E-state index contributed by atoms with van der Waals surface area (Å²) in [7, 11) is 0. The van der Waals surface area contributed by atoms with Crippen LogP contribution in [-0.2, 0) is 27.4 Å². The molecular weight excluding hydrogens is 474 g/mol. The Labute approximate surface area is 199 Å². The third kappa shape index (κ3) is 4.91. The molecule has 0 aromatic heterocycles. The van der Waals surface area contributed by atoms with E-state index in [9.17, 15) is 31.1 Å². The molecule has 0 bridgehead atoms. The molecular formula is C25H26F6N2O2. The highest BCUT2D eigenvalue weighted by Crippen LogP contribution is 2.56. The van der Waals surface area contributed by atoms with Crippen molar-refractivity contribution in [1.82, 2.24) is 10.2 Å². The fourth-order valence-electron chi connectivity index (χ4n) is 4.92. The molecule has 2 aromatic rings. The Kier molecular flexibility index (Phi) is 6.42. The predicted molar refractivity (Wildman–Crippen MR) is 116 cm³/mol. The van der Waals surface area contributed by atoms with Gasteiger partial charge in [-0.1, -0.05) is 37.3 Å². The van der Waals surface area contributed by atoms with Crippen LogP contribution in [0.3, 0.4) is 0 Å². The molecule has 2 saturated heterocycles. The number of ether oxygens (including phenoxy) is 1. The van der Waals surface area contributed by atoms with Crippen molar-refractivity contribution in [2.75, 3.05) is 13.2 Å². The van der Waals surface area contributed by atoms with E-state index < -0.39 is 40.8 Å². The molecule has 2 aromatic carbocycles. The molecule has 1 unspecified atom stereocenters. The lowest BCUT2D eigenvalue weighted by molar-refractivity contribution is -0.143. The summed E-state index contributed by atoms with van der Waals surface area (Å²) in [5.41, 5.74) is -3.20. The number of hydrogen-bond acceptors (Lipinski definition) is 3. The van der Waals surface area contributed by atoms with Gasteiger partial charge in [0.15, 0.2) is 0 Å². The molecule has 0 aliphatic carbocycles. The van der Waals surface area contributed by atoms with Crippen molar-refractivity contribution >= 4 is 5.91 Å². The smallest absolute Gasteiger partial charge is 0.372 e. The first-order chi connectivity index (χ1) is 16.3. The zero-order valence-electron chi connectivity index (χ0n) is 19.3. The fourth-order valence-corrected chi connectivity index (χ4v) is 4.92. The second-order valence-electron chi connectivity index (χ2n) is 9.21. The summed E-state index contributed by atoms with van der Waals surface area (Å²) >= 11 is 0. The highest BCUT2D eigenvalue weighted by Gasteiger charge is 2.67. The van der Waals surface area contributed by atoms with Gasteiger partial charge in [-0.25, -0.2) is 0 Å². The van der Waals surface area contributed by atoms with Crippen LogP contribution in [-0.4, -0.2) is 29.6 Å². The van der Waals surface area contributed by atoms with Crippen molar-refractivity contribution in [3.8, 4) is 0 Å². The summed E-state index contributed by atoms with van der Waals surface area (Å²) in [5.74, 6) is -0.0886. The van der Waals surface area contributed by atoms with Gasteiger partial charge in [-0.05, 0) is 49.1 Å². The number of nitrogens with one attached hydrogen (secondary N) is 1. The first kappa shape index (κ1) is 25.5. The van der Waals surface area contributed by atoms with Crippen molar-refractivity contribution in [3.63, 3.8) is 0 Å². The maximum atomic E-state index is 13.3. The highest BCUT2D eigenvalue weighted by atomic mass is 19.4. The van der Waals surface area contributed by atoms with Crippen LogP contribution in [0, 0.1) is 0 Å². The summed E-state index contributed by atoms with van der Waals surface area (Å²) < 4.78 is 85.8. The summed E-state index contributed by atoms with van der Waals surface area (Å²) in [6.45, 7) is 3.83. The SMILES string of the molecule is CCC(=O)N[C@@]12CC[C@@](CO[C@H](C)c3cc(C(F)(F)F)cc(C(F)(F)F)c3)(c3ccccc3)N1C2. The number of alkyl halides is 6. The second-order valence-corrected chi connectivity index (χ2v) is 9.21. The number of carbonyl (C=O) groups excluding carboxylic acids is 1. The monoisotopic (exact) mass is 500 g/mol. The molecule has 35 heavy (non-hydrogen) atoms. The van der Waals surface area contributed by atoms with Crippen LogP contribution in [0.5, 0.6) is 0 Å². The van der Waals surface area contributed by atoms with Gasteiger partial charge in [-0.3, -0.25) is 9.69 Å². The molecule has 0 spiro atoms. The molecule has 1 amide bonds. The van der Waals surface area contributed by atoms with E-state index >= 15 is 0 Å². The zero-order valence-corrected chi connectivity index (χ0v) is 19.3. The lowest BCUT2D eigenvalue weighted by atomic mass is 9.87. The molecule has 4 atom stereocenters. The third-order valence-electron chi connectivity index (χ3n) is 6.96. The number of rotatable bonds is 7. The number of fused-ring (bicyclic) bond motifs is 1. The Morgan fingerprint density at radius 2 is 1.63 bits per heavy atom. The van der Waals surface area contributed by atoms with Crippen LogP contribution in [0.25, 0.3) is 0 Å². The number of piperidine rings is 1. The molecule has 2 fully saturated rings. The molecule has 190 valence electrons. The van der Waals surface area contributed by atoms with Crippen molar-refractivity contribution in [3.05, 3.63) is 70.8 Å². The number of amides is 1. The van der Waals surface area contributed by atoms with Crippen molar-refractivity contribution in [1.29, 1.82) is 0 Å². The summed E-state index contributed by atoms with van der Waals surface area (Å²) in [6, 6.07) is 10.9. The topological polar surface area (TPSA) is 41.3 Å². The number of carbonyl (C=O) groups is 1. The summed E-state index contributed by atoms with van der Waals surface area (Å²) in [5, 5.41) is 3.05. The summed E-state index contributed by atoms with van der Waals surface area (Å²) in [6.07, 6.45) is -9.28. The maximum Gasteiger partial charge on any atom is 0.416 e. The molecule has 1 N–H and O–H groups in total. The van der Waals surface area contributed by atoms with E-state index in [0.29, 0.717) is 37.9 Å². The largest absolute Gasteiger partial charge is 0.416 e. The van der Waals surface area contributed by atoms with Gasteiger partial charge >= 0.3 is 12.4 Å². The van der Waals surface area contributed by atoms with Gasteiger partial charge in [0.1, 0.15) is 5.66 Å². The average Bonchev–Trinajstić information content (AvgIpc) is 3.44. The van der Waals surface area contributed by atoms with E-state index in [4.69, 9.17) is 4.74 Å². The van der Waals surface area contributed by atoms with Gasteiger partial charge in [0.2, 0.25) is 5.91 Å². The molecule has 4 nitrogen and oxygen atoms in total. The molecule has 10 heteroatoms. The number of hydrogen-bond donors (Lipinski definition) is 1. The average molecular weight is 500 g/mol. The Bertz CT molecular complexity index is 1060. The van der Waals surface area contributed by atoms with Crippen molar-refractivity contribution in [2.45, 2.75) is 62.8 Å². The van der Waals surface area contributed by atoms with Gasteiger partial charge in [0.05, 0.1) is 29.4 Å². The Hall–Kier alpha value is -2.59. The van der Waals surface area contributed by atoms with E-state index in [1.165, 1.54) is 6.92 Å². The lowest BCUT2D eigenvalue weighted by Gasteiger charge is -2.34. The van der Waals surface area contributed by atoms with Crippen LogP contribution >= 0.6 is 0 Å².